The molecular weight excluding hydrogens is 338 g/mol. The molecule has 1 aromatic heterocycles. The van der Waals surface area contributed by atoms with Crippen molar-refractivity contribution in [2.75, 3.05) is 5.32 Å². The zero-order valence-corrected chi connectivity index (χ0v) is 16.0. The molecule has 27 heavy (non-hydrogen) atoms. The molecule has 2 aromatic rings. The zero-order chi connectivity index (χ0) is 19.2. The van der Waals surface area contributed by atoms with Gasteiger partial charge in [0.2, 0.25) is 0 Å². The third kappa shape index (κ3) is 4.54. The van der Waals surface area contributed by atoms with Gasteiger partial charge in [-0.05, 0) is 42.9 Å². The first-order valence-electron chi connectivity index (χ1n) is 9.80. The van der Waals surface area contributed by atoms with E-state index >= 15 is 0 Å². The third-order valence-electron chi connectivity index (χ3n) is 5.19. The lowest BCUT2D eigenvalue weighted by atomic mass is 10.0. The summed E-state index contributed by atoms with van der Waals surface area (Å²) in [6, 6.07) is 7.92. The first-order valence-corrected chi connectivity index (χ1v) is 9.80. The van der Waals surface area contributed by atoms with Crippen LogP contribution < -0.4 is 10.6 Å². The highest BCUT2D eigenvalue weighted by Gasteiger charge is 2.19. The highest BCUT2D eigenvalue weighted by molar-refractivity contribution is 6.06. The SMILES string of the molecule is CCc1cccc(CC)c1NC(=O)c1cncc(C(=O)NC2CCCC2)c1. The van der Waals surface area contributed by atoms with Crippen LogP contribution in [0.5, 0.6) is 0 Å². The number of hydrogen-bond donors (Lipinski definition) is 2. The standard InChI is InChI=1S/C22H27N3O2/c1-3-15-8-7-9-16(4-2)20(15)25-22(27)18-12-17(13-23-14-18)21(26)24-19-10-5-6-11-19/h7-9,12-14,19H,3-6,10-11H2,1-2H3,(H,24,26)(H,25,27). The highest BCUT2D eigenvalue weighted by atomic mass is 16.2. The number of nitrogens with zero attached hydrogens (tertiary/aromatic N) is 1. The van der Waals surface area contributed by atoms with E-state index in [4.69, 9.17) is 0 Å². The molecule has 2 N–H and O–H groups in total. The molecule has 1 fully saturated rings. The van der Waals surface area contributed by atoms with Crippen LogP contribution in [0, 0.1) is 0 Å². The Hall–Kier alpha value is -2.69. The molecule has 1 heterocycles. The lowest BCUT2D eigenvalue weighted by molar-refractivity contribution is 0.0937. The fraction of sp³-hybridized carbons (Fsp3) is 0.409. The summed E-state index contributed by atoms with van der Waals surface area (Å²) in [6.45, 7) is 4.14. The summed E-state index contributed by atoms with van der Waals surface area (Å²) in [4.78, 5) is 29.3. The van der Waals surface area contributed by atoms with Crippen molar-refractivity contribution in [2.24, 2.45) is 0 Å². The van der Waals surface area contributed by atoms with Gasteiger partial charge in [0.1, 0.15) is 0 Å². The second-order valence-electron chi connectivity index (χ2n) is 7.03. The predicted molar refractivity (Wildman–Crippen MR) is 107 cm³/mol. The quantitative estimate of drug-likeness (QED) is 0.808. The molecule has 0 radical (unpaired) electrons. The number of amides is 2. The largest absolute Gasteiger partial charge is 0.349 e. The summed E-state index contributed by atoms with van der Waals surface area (Å²) in [5, 5.41) is 6.06. The third-order valence-corrected chi connectivity index (χ3v) is 5.19. The van der Waals surface area contributed by atoms with Gasteiger partial charge in [-0.2, -0.15) is 0 Å². The summed E-state index contributed by atoms with van der Waals surface area (Å²) in [5.74, 6) is -0.402. The molecule has 0 bridgehead atoms. The fourth-order valence-electron chi connectivity index (χ4n) is 3.62. The highest BCUT2D eigenvalue weighted by Crippen LogP contribution is 2.23. The van der Waals surface area contributed by atoms with E-state index in [1.54, 1.807) is 6.07 Å². The summed E-state index contributed by atoms with van der Waals surface area (Å²) in [6.07, 6.45) is 9.04. The normalized spacial score (nSPS) is 14.1. The van der Waals surface area contributed by atoms with Crippen molar-refractivity contribution >= 4 is 17.5 Å². The van der Waals surface area contributed by atoms with Crippen LogP contribution in [0.3, 0.4) is 0 Å². The Labute approximate surface area is 160 Å². The molecule has 1 aliphatic carbocycles. The lowest BCUT2D eigenvalue weighted by Crippen LogP contribution is -2.32. The number of anilines is 1. The Morgan fingerprint density at radius 3 is 2.19 bits per heavy atom. The molecular formula is C22H27N3O2. The van der Waals surface area contributed by atoms with Gasteiger partial charge in [0.25, 0.3) is 11.8 Å². The van der Waals surface area contributed by atoms with E-state index in [9.17, 15) is 9.59 Å². The molecule has 0 aliphatic heterocycles. The Morgan fingerprint density at radius 2 is 1.59 bits per heavy atom. The van der Waals surface area contributed by atoms with E-state index in [-0.39, 0.29) is 17.9 Å². The second kappa shape index (κ2) is 8.80. The number of carbonyl (C=O) groups is 2. The second-order valence-corrected chi connectivity index (χ2v) is 7.03. The van der Waals surface area contributed by atoms with Crippen LogP contribution in [0.1, 0.15) is 71.4 Å². The number of pyridine rings is 1. The van der Waals surface area contributed by atoms with Crippen molar-refractivity contribution in [3.63, 3.8) is 0 Å². The molecule has 5 nitrogen and oxygen atoms in total. The molecule has 142 valence electrons. The van der Waals surface area contributed by atoms with Gasteiger partial charge < -0.3 is 10.6 Å². The van der Waals surface area contributed by atoms with Gasteiger partial charge in [-0.1, -0.05) is 44.9 Å². The summed E-state index contributed by atoms with van der Waals surface area (Å²) in [7, 11) is 0. The molecule has 3 rings (SSSR count). The maximum Gasteiger partial charge on any atom is 0.257 e. The van der Waals surface area contributed by atoms with Crippen molar-refractivity contribution < 1.29 is 9.59 Å². The number of hydrogen-bond acceptors (Lipinski definition) is 3. The Morgan fingerprint density at radius 1 is 1.00 bits per heavy atom. The monoisotopic (exact) mass is 365 g/mol. The van der Waals surface area contributed by atoms with E-state index in [1.165, 1.54) is 12.4 Å². The number of benzene rings is 1. The molecule has 1 saturated carbocycles. The Kier molecular flexibility index (Phi) is 6.22. The van der Waals surface area contributed by atoms with Gasteiger partial charge in [0.15, 0.2) is 0 Å². The van der Waals surface area contributed by atoms with E-state index in [0.717, 1.165) is 55.3 Å². The van der Waals surface area contributed by atoms with Gasteiger partial charge in [0.05, 0.1) is 11.1 Å². The Balaban J connectivity index is 1.77. The van der Waals surface area contributed by atoms with Crippen LogP contribution in [-0.4, -0.2) is 22.8 Å². The van der Waals surface area contributed by atoms with Gasteiger partial charge in [-0.15, -0.1) is 0 Å². The number of carbonyl (C=O) groups excluding carboxylic acids is 2. The zero-order valence-electron chi connectivity index (χ0n) is 16.0. The predicted octanol–water partition coefficient (Wildman–Crippen LogP) is 4.13. The Bertz CT molecular complexity index is 804. The number of rotatable bonds is 6. The summed E-state index contributed by atoms with van der Waals surface area (Å²) in [5.41, 5.74) is 3.89. The topological polar surface area (TPSA) is 71.1 Å². The molecule has 0 spiro atoms. The van der Waals surface area contributed by atoms with Crippen LogP contribution in [0.15, 0.2) is 36.7 Å². The number of aromatic nitrogens is 1. The average molecular weight is 365 g/mol. The smallest absolute Gasteiger partial charge is 0.257 e. The van der Waals surface area contributed by atoms with Gasteiger partial charge in [0, 0.05) is 24.1 Å². The molecule has 0 saturated heterocycles. The van der Waals surface area contributed by atoms with E-state index in [2.05, 4.69) is 29.5 Å². The summed E-state index contributed by atoms with van der Waals surface area (Å²) >= 11 is 0. The average Bonchev–Trinajstić information content (AvgIpc) is 3.21. The summed E-state index contributed by atoms with van der Waals surface area (Å²) < 4.78 is 0. The minimum absolute atomic E-state index is 0.160. The maximum atomic E-state index is 12.8. The molecule has 0 unspecified atom stereocenters. The van der Waals surface area contributed by atoms with Crippen LogP contribution >= 0.6 is 0 Å². The van der Waals surface area contributed by atoms with E-state index < -0.39 is 0 Å². The number of para-hydroxylation sites is 1. The minimum atomic E-state index is -0.242. The van der Waals surface area contributed by atoms with Crippen LogP contribution in [0.2, 0.25) is 0 Å². The molecule has 1 aliphatic rings. The van der Waals surface area contributed by atoms with E-state index in [0.29, 0.717) is 11.1 Å². The van der Waals surface area contributed by atoms with Crippen molar-refractivity contribution in [3.05, 3.63) is 58.9 Å². The molecule has 1 aromatic carbocycles. The molecule has 5 heteroatoms. The van der Waals surface area contributed by atoms with Crippen LogP contribution in [0.4, 0.5) is 5.69 Å². The lowest BCUT2D eigenvalue weighted by Gasteiger charge is -2.15. The number of nitrogens with one attached hydrogen (secondary N) is 2. The molecule has 2 amide bonds. The first-order chi connectivity index (χ1) is 13.1. The van der Waals surface area contributed by atoms with Crippen molar-refractivity contribution in [1.82, 2.24) is 10.3 Å². The van der Waals surface area contributed by atoms with Crippen LogP contribution in [-0.2, 0) is 12.8 Å². The van der Waals surface area contributed by atoms with Crippen molar-refractivity contribution in [3.8, 4) is 0 Å². The van der Waals surface area contributed by atoms with Gasteiger partial charge in [-0.25, -0.2) is 0 Å². The first kappa shape index (κ1) is 19.1. The maximum absolute atomic E-state index is 12.8. The molecule has 0 atom stereocenters. The van der Waals surface area contributed by atoms with Gasteiger partial charge >= 0.3 is 0 Å². The van der Waals surface area contributed by atoms with Crippen molar-refractivity contribution in [2.45, 2.75) is 58.4 Å². The minimum Gasteiger partial charge on any atom is -0.349 e. The van der Waals surface area contributed by atoms with Gasteiger partial charge in [-0.3, -0.25) is 14.6 Å². The van der Waals surface area contributed by atoms with Crippen LogP contribution in [0.25, 0.3) is 0 Å². The van der Waals surface area contributed by atoms with E-state index in [1.807, 2.05) is 18.2 Å². The number of aryl methyl sites for hydroxylation is 2. The fourth-order valence-corrected chi connectivity index (χ4v) is 3.62. The van der Waals surface area contributed by atoms with Crippen molar-refractivity contribution in [1.29, 1.82) is 0 Å².